The highest BCUT2D eigenvalue weighted by Crippen LogP contribution is 2.42. The number of hydrogen-bond donors (Lipinski definition) is 2. The zero-order valence-corrected chi connectivity index (χ0v) is 25.1. The van der Waals surface area contributed by atoms with E-state index in [1.165, 1.54) is 51.3 Å². The van der Waals surface area contributed by atoms with E-state index >= 15 is 0 Å². The number of nitrogens with zero attached hydrogens (tertiary/aromatic N) is 4. The Kier molecular flexibility index (Phi) is 14.6. The fourth-order valence-electron chi connectivity index (χ4n) is 4.07. The van der Waals surface area contributed by atoms with Crippen molar-refractivity contribution in [3.63, 3.8) is 0 Å². The Balaban J connectivity index is 1.10. The van der Waals surface area contributed by atoms with Gasteiger partial charge < -0.3 is 29.2 Å². The fraction of sp³-hybridized carbons (Fsp3) is 0.607. The minimum Gasteiger partial charge on any atom is -0.382 e. The first-order valence-electron chi connectivity index (χ1n) is 14.0. The largest absolute Gasteiger partial charge is 0.382 e. The summed E-state index contributed by atoms with van der Waals surface area (Å²) in [5.41, 5.74) is 6.91. The molecule has 0 aromatic carbocycles. The predicted octanol–water partition coefficient (Wildman–Crippen LogP) is 6.00. The molecule has 3 N–H and O–H groups in total. The van der Waals surface area contributed by atoms with E-state index < -0.39 is 7.60 Å². The highest BCUT2D eigenvalue weighted by Gasteiger charge is 2.21. The molecular formula is C28H42N5O5PS. The van der Waals surface area contributed by atoms with Gasteiger partial charge >= 0.3 is 7.60 Å². The fourth-order valence-corrected chi connectivity index (χ4v) is 5.59. The van der Waals surface area contributed by atoms with Gasteiger partial charge in [-0.2, -0.15) is 0 Å². The Bertz CT molecular complexity index is 1230. The summed E-state index contributed by atoms with van der Waals surface area (Å²) in [6.07, 6.45) is 13.5. The molecule has 3 aromatic rings. The molecule has 0 aliphatic heterocycles. The third kappa shape index (κ3) is 12.5. The zero-order valence-electron chi connectivity index (χ0n) is 23.4. The number of rotatable bonds is 20. The van der Waals surface area contributed by atoms with E-state index in [4.69, 9.17) is 19.7 Å². The van der Waals surface area contributed by atoms with Gasteiger partial charge in [-0.3, -0.25) is 4.57 Å². The molecule has 0 aliphatic rings. The average molecular weight is 592 g/mol. The lowest BCUT2D eigenvalue weighted by atomic mass is 10.1. The van der Waals surface area contributed by atoms with E-state index in [0.717, 1.165) is 17.7 Å². The summed E-state index contributed by atoms with van der Waals surface area (Å²) < 4.78 is 30.4. The molecule has 1 unspecified atom stereocenters. The van der Waals surface area contributed by atoms with Crippen LogP contribution in [0.1, 0.15) is 76.0 Å². The summed E-state index contributed by atoms with van der Waals surface area (Å²) in [6, 6.07) is 4.10. The van der Waals surface area contributed by atoms with Crippen molar-refractivity contribution in [2.45, 2.75) is 83.8 Å². The smallest absolute Gasteiger partial charge is 0.353 e. The maximum atomic E-state index is 12.3. The van der Waals surface area contributed by atoms with Gasteiger partial charge in [-0.05, 0) is 37.6 Å². The molecule has 10 nitrogen and oxygen atoms in total. The number of ether oxygens (including phenoxy) is 2. The van der Waals surface area contributed by atoms with E-state index in [1.807, 2.05) is 6.07 Å². The minimum atomic E-state index is -3.85. The van der Waals surface area contributed by atoms with Crippen LogP contribution in [-0.2, 0) is 25.1 Å². The maximum Gasteiger partial charge on any atom is 0.353 e. The second kappa shape index (κ2) is 18.2. The van der Waals surface area contributed by atoms with Gasteiger partial charge in [0.15, 0.2) is 11.5 Å². The lowest BCUT2D eigenvalue weighted by Gasteiger charge is -2.17. The molecule has 0 saturated carbocycles. The molecular weight excluding hydrogens is 549 g/mol. The quantitative estimate of drug-likeness (QED) is 0.0921. The first-order chi connectivity index (χ1) is 19.4. The third-order valence-corrected chi connectivity index (χ3v) is 8.05. The Morgan fingerprint density at radius 1 is 1.05 bits per heavy atom. The molecule has 40 heavy (non-hydrogen) atoms. The van der Waals surface area contributed by atoms with Crippen molar-refractivity contribution in [1.82, 2.24) is 19.5 Å². The number of aromatic nitrogens is 4. The monoisotopic (exact) mass is 591 g/mol. The second-order valence-electron chi connectivity index (χ2n) is 9.73. The first kappa shape index (κ1) is 32.2. The molecule has 3 rings (SSSR count). The van der Waals surface area contributed by atoms with Crippen LogP contribution in [0.15, 0.2) is 30.2 Å². The number of nitrogens with two attached hydrogens (primary N) is 1. The highest BCUT2D eigenvalue weighted by molar-refractivity contribution is 7.52. The maximum absolute atomic E-state index is 12.3. The molecule has 0 amide bonds. The molecule has 0 bridgehead atoms. The van der Waals surface area contributed by atoms with Gasteiger partial charge in [0.25, 0.3) is 0 Å². The minimum absolute atomic E-state index is 0.146. The molecule has 0 aliphatic carbocycles. The van der Waals surface area contributed by atoms with Gasteiger partial charge in [-0.15, -0.1) is 11.3 Å². The van der Waals surface area contributed by atoms with E-state index in [1.54, 1.807) is 29.2 Å². The van der Waals surface area contributed by atoms with Crippen LogP contribution in [0.25, 0.3) is 11.2 Å². The lowest BCUT2D eigenvalue weighted by Crippen LogP contribution is -2.17. The molecule has 220 valence electrons. The zero-order chi connectivity index (χ0) is 28.5. The average Bonchev–Trinajstić information content (AvgIpc) is 3.60. The van der Waals surface area contributed by atoms with Gasteiger partial charge in [0, 0.05) is 19.6 Å². The molecule has 0 fully saturated rings. The van der Waals surface area contributed by atoms with E-state index in [0.29, 0.717) is 43.2 Å². The van der Waals surface area contributed by atoms with Gasteiger partial charge in [-0.1, -0.05) is 56.4 Å². The van der Waals surface area contributed by atoms with Crippen molar-refractivity contribution in [3.8, 4) is 11.8 Å². The topological polar surface area (TPSA) is 135 Å². The van der Waals surface area contributed by atoms with Crippen LogP contribution < -0.4 is 5.73 Å². The number of imidazole rings is 1. The van der Waals surface area contributed by atoms with Gasteiger partial charge in [0.2, 0.25) is 0 Å². The summed E-state index contributed by atoms with van der Waals surface area (Å²) in [5, 5.41) is 2.06. The number of nitrogen functional groups attached to an aromatic ring is 1. The molecule has 12 heteroatoms. The van der Waals surface area contributed by atoms with E-state index in [-0.39, 0.29) is 19.1 Å². The predicted molar refractivity (Wildman–Crippen MR) is 159 cm³/mol. The second-order valence-corrected chi connectivity index (χ2v) is 12.5. The number of hydrogen-bond acceptors (Lipinski definition) is 9. The summed E-state index contributed by atoms with van der Waals surface area (Å²) in [5.74, 6) is 6.77. The Morgan fingerprint density at radius 2 is 1.80 bits per heavy atom. The standard InChI is InChI=1S/C28H42N5O5PS/c1-24(20-33-22-32-26-27(29)30-21-31-28(26)33)37-23-39(34,35)38-18-13-17-36-16-11-9-7-5-3-2-4-6-8-10-14-25-15-12-19-40-25/h12,15,19,21-22,24H,2-9,11,13,16-18,20,23H2,1H3,(H,34,35)(H2,29,30,31)/t24-/m1/s1. The van der Waals surface area contributed by atoms with Crippen molar-refractivity contribution in [2.75, 3.05) is 31.9 Å². The molecule has 3 heterocycles. The summed E-state index contributed by atoms with van der Waals surface area (Å²) in [4.78, 5) is 23.5. The van der Waals surface area contributed by atoms with Crippen molar-refractivity contribution in [1.29, 1.82) is 0 Å². The molecule has 0 spiro atoms. The Labute approximate surface area is 241 Å². The number of anilines is 1. The van der Waals surface area contributed by atoms with E-state index in [9.17, 15) is 9.46 Å². The summed E-state index contributed by atoms with van der Waals surface area (Å²) in [7, 11) is -3.85. The molecule has 0 radical (unpaired) electrons. The normalized spacial score (nSPS) is 13.7. The number of thiophene rings is 1. The van der Waals surface area contributed by atoms with Crippen LogP contribution in [0.3, 0.4) is 0 Å². The summed E-state index contributed by atoms with van der Waals surface area (Å²) in [6.45, 7) is 3.56. The Morgan fingerprint density at radius 3 is 2.58 bits per heavy atom. The van der Waals surface area contributed by atoms with Crippen LogP contribution in [0, 0.1) is 11.8 Å². The van der Waals surface area contributed by atoms with Crippen molar-refractivity contribution in [3.05, 3.63) is 35.0 Å². The summed E-state index contributed by atoms with van der Waals surface area (Å²) >= 11 is 1.70. The molecule has 0 saturated heterocycles. The molecule has 3 aromatic heterocycles. The Hall–Kier alpha value is -2.32. The van der Waals surface area contributed by atoms with Crippen molar-refractivity contribution < 1.29 is 23.5 Å². The number of unbranched alkanes of at least 4 members (excludes halogenated alkanes) is 8. The van der Waals surface area contributed by atoms with E-state index in [2.05, 4.69) is 38.2 Å². The van der Waals surface area contributed by atoms with Crippen LogP contribution >= 0.6 is 18.9 Å². The van der Waals surface area contributed by atoms with Crippen molar-refractivity contribution in [2.24, 2.45) is 0 Å². The molecule has 2 atom stereocenters. The lowest BCUT2D eigenvalue weighted by molar-refractivity contribution is 0.0688. The van der Waals surface area contributed by atoms with Crippen LogP contribution in [0.4, 0.5) is 5.82 Å². The first-order valence-corrected chi connectivity index (χ1v) is 16.7. The van der Waals surface area contributed by atoms with Crippen molar-refractivity contribution >= 4 is 35.9 Å². The van der Waals surface area contributed by atoms with Crippen LogP contribution in [0.2, 0.25) is 0 Å². The SMILES string of the molecule is C[C@H](Cn1cnc2c(N)ncnc21)OCP(=O)(O)OCCCOCCCCCCCCCCC#Cc1cccs1. The van der Waals surface area contributed by atoms with Gasteiger partial charge in [0.05, 0.1) is 30.5 Å². The number of fused-ring (bicyclic) bond motifs is 1. The third-order valence-electron chi connectivity index (χ3n) is 6.20. The van der Waals surface area contributed by atoms with Gasteiger partial charge in [0.1, 0.15) is 18.2 Å². The van der Waals surface area contributed by atoms with Gasteiger partial charge in [-0.25, -0.2) is 15.0 Å². The van der Waals surface area contributed by atoms with Crippen LogP contribution in [0.5, 0.6) is 0 Å². The highest BCUT2D eigenvalue weighted by atomic mass is 32.1. The van der Waals surface area contributed by atoms with Crippen LogP contribution in [-0.4, -0.2) is 56.7 Å².